The third kappa shape index (κ3) is 3.61. The summed E-state index contributed by atoms with van der Waals surface area (Å²) in [6.07, 6.45) is -5.29. The van der Waals surface area contributed by atoms with Gasteiger partial charge in [0.2, 0.25) is 5.91 Å². The molecule has 1 aromatic rings. The molecule has 0 radical (unpaired) electrons. The molecule has 122 valence electrons. The van der Waals surface area contributed by atoms with Gasteiger partial charge in [0.15, 0.2) is 5.60 Å². The third-order valence-corrected chi connectivity index (χ3v) is 4.32. The first-order valence-electron chi connectivity index (χ1n) is 7.35. The van der Waals surface area contributed by atoms with E-state index in [2.05, 4.69) is 0 Å². The first-order valence-corrected chi connectivity index (χ1v) is 7.35. The fraction of sp³-hybridized carbons (Fsp3) is 0.562. The maximum atomic E-state index is 12.7. The van der Waals surface area contributed by atoms with Crippen molar-refractivity contribution in [3.63, 3.8) is 0 Å². The van der Waals surface area contributed by atoms with Crippen LogP contribution < -0.4 is 0 Å². The molecule has 1 fully saturated rings. The third-order valence-electron chi connectivity index (χ3n) is 4.32. The van der Waals surface area contributed by atoms with Gasteiger partial charge in [-0.15, -0.1) is 0 Å². The molecule has 0 saturated carbocycles. The van der Waals surface area contributed by atoms with E-state index in [-0.39, 0.29) is 31.3 Å². The zero-order valence-corrected chi connectivity index (χ0v) is 12.4. The van der Waals surface area contributed by atoms with Gasteiger partial charge in [0.25, 0.3) is 0 Å². The van der Waals surface area contributed by atoms with Gasteiger partial charge in [-0.2, -0.15) is 13.2 Å². The van der Waals surface area contributed by atoms with Gasteiger partial charge < -0.3 is 10.0 Å². The average Bonchev–Trinajstić information content (AvgIpc) is 2.47. The van der Waals surface area contributed by atoms with Crippen LogP contribution in [-0.4, -0.2) is 40.8 Å². The molecule has 6 heteroatoms. The van der Waals surface area contributed by atoms with Gasteiger partial charge in [0.05, 0.1) is 0 Å². The molecule has 0 aliphatic carbocycles. The molecule has 1 heterocycles. The molecule has 1 aliphatic rings. The molecule has 22 heavy (non-hydrogen) atoms. The standard InChI is InChI=1S/C16H20F3NO2/c1-12(13-5-3-2-4-6-13)11-14(21)20-9-7-15(22,8-10-20)16(17,18)19/h2-6,12,22H,7-11H2,1H3. The predicted octanol–water partition coefficient (Wildman–Crippen LogP) is 3.10. The van der Waals surface area contributed by atoms with Crippen molar-refractivity contribution in [3.8, 4) is 0 Å². The lowest BCUT2D eigenvalue weighted by Gasteiger charge is -2.39. The summed E-state index contributed by atoms with van der Waals surface area (Å²) in [7, 11) is 0. The molecule has 3 nitrogen and oxygen atoms in total. The number of carbonyl (C=O) groups excluding carboxylic acids is 1. The lowest BCUT2D eigenvalue weighted by Crippen LogP contribution is -2.54. The number of hydrogen-bond donors (Lipinski definition) is 1. The quantitative estimate of drug-likeness (QED) is 0.931. The van der Waals surface area contributed by atoms with E-state index in [0.717, 1.165) is 5.56 Å². The van der Waals surface area contributed by atoms with E-state index >= 15 is 0 Å². The lowest BCUT2D eigenvalue weighted by molar-refractivity contribution is -0.272. The van der Waals surface area contributed by atoms with Crippen molar-refractivity contribution < 1.29 is 23.1 Å². The van der Waals surface area contributed by atoms with Crippen LogP contribution in [0.5, 0.6) is 0 Å². The van der Waals surface area contributed by atoms with Crippen LogP contribution in [0.15, 0.2) is 30.3 Å². The van der Waals surface area contributed by atoms with E-state index in [9.17, 15) is 23.1 Å². The highest BCUT2D eigenvalue weighted by Gasteiger charge is 2.54. The number of likely N-dealkylation sites (tertiary alicyclic amines) is 1. The number of nitrogens with zero attached hydrogens (tertiary/aromatic N) is 1. The second-order valence-electron chi connectivity index (χ2n) is 5.93. The van der Waals surface area contributed by atoms with Crippen LogP contribution in [0.3, 0.4) is 0 Å². The van der Waals surface area contributed by atoms with Gasteiger partial charge in [-0.1, -0.05) is 37.3 Å². The molecule has 1 N–H and O–H groups in total. The number of halogens is 3. The fourth-order valence-corrected chi connectivity index (χ4v) is 2.70. The normalized spacial score (nSPS) is 19.8. The highest BCUT2D eigenvalue weighted by molar-refractivity contribution is 5.77. The summed E-state index contributed by atoms with van der Waals surface area (Å²) >= 11 is 0. The van der Waals surface area contributed by atoms with E-state index < -0.39 is 24.6 Å². The monoisotopic (exact) mass is 315 g/mol. The molecule has 2 rings (SSSR count). The minimum atomic E-state index is -4.64. The summed E-state index contributed by atoms with van der Waals surface area (Å²) in [5, 5.41) is 9.60. The molecule has 0 bridgehead atoms. The van der Waals surface area contributed by atoms with Crippen LogP contribution in [0.2, 0.25) is 0 Å². The Balaban J connectivity index is 1.91. The minimum Gasteiger partial charge on any atom is -0.380 e. The van der Waals surface area contributed by atoms with E-state index in [1.54, 1.807) is 0 Å². The highest BCUT2D eigenvalue weighted by Crippen LogP contribution is 2.38. The molecule has 1 aliphatic heterocycles. The second kappa shape index (κ2) is 6.28. The summed E-state index contributed by atoms with van der Waals surface area (Å²) in [5.74, 6) is -0.155. The average molecular weight is 315 g/mol. The molecule has 1 unspecified atom stereocenters. The molecule has 1 aromatic carbocycles. The number of alkyl halides is 3. The first kappa shape index (κ1) is 16.8. The Morgan fingerprint density at radius 3 is 2.32 bits per heavy atom. The van der Waals surface area contributed by atoms with Crippen molar-refractivity contribution in [2.45, 2.75) is 43.9 Å². The van der Waals surface area contributed by atoms with Crippen LogP contribution in [0, 0.1) is 0 Å². The maximum Gasteiger partial charge on any atom is 0.417 e. The first-order chi connectivity index (χ1) is 10.2. The summed E-state index contributed by atoms with van der Waals surface area (Å²) in [6, 6.07) is 9.52. The number of aliphatic hydroxyl groups is 1. The Labute approximate surface area is 127 Å². The van der Waals surface area contributed by atoms with Crippen LogP contribution in [0.4, 0.5) is 13.2 Å². The zero-order chi connectivity index (χ0) is 16.4. The Bertz CT molecular complexity index is 508. The van der Waals surface area contributed by atoms with E-state index in [1.807, 2.05) is 37.3 Å². The SMILES string of the molecule is CC(CC(=O)N1CCC(O)(C(F)(F)F)CC1)c1ccccc1. The second-order valence-corrected chi connectivity index (χ2v) is 5.93. The van der Waals surface area contributed by atoms with Crippen LogP contribution >= 0.6 is 0 Å². The highest BCUT2D eigenvalue weighted by atomic mass is 19.4. The minimum absolute atomic E-state index is 0.0112. The molecular formula is C16H20F3NO2. The van der Waals surface area contributed by atoms with E-state index in [0.29, 0.717) is 0 Å². The topological polar surface area (TPSA) is 40.5 Å². The van der Waals surface area contributed by atoms with Gasteiger partial charge in [0, 0.05) is 32.4 Å². The van der Waals surface area contributed by atoms with Crippen molar-refractivity contribution in [1.82, 2.24) is 4.90 Å². The summed E-state index contributed by atoms with van der Waals surface area (Å²) < 4.78 is 38.2. The van der Waals surface area contributed by atoms with Gasteiger partial charge in [-0.25, -0.2) is 0 Å². The van der Waals surface area contributed by atoms with Crippen LogP contribution in [0.1, 0.15) is 37.7 Å². The molecule has 0 spiro atoms. The molecule has 1 atom stereocenters. The van der Waals surface area contributed by atoms with Crippen molar-refractivity contribution in [2.24, 2.45) is 0 Å². The summed E-state index contributed by atoms with van der Waals surface area (Å²) in [4.78, 5) is 13.6. The van der Waals surface area contributed by atoms with E-state index in [4.69, 9.17) is 0 Å². The number of rotatable bonds is 3. The van der Waals surface area contributed by atoms with Gasteiger partial charge in [0.1, 0.15) is 0 Å². The van der Waals surface area contributed by atoms with Crippen molar-refractivity contribution in [1.29, 1.82) is 0 Å². The number of amides is 1. The molecule has 1 saturated heterocycles. The molecule has 1 amide bonds. The number of hydrogen-bond acceptors (Lipinski definition) is 2. The van der Waals surface area contributed by atoms with Crippen molar-refractivity contribution in [2.75, 3.05) is 13.1 Å². The molecule has 0 aromatic heterocycles. The van der Waals surface area contributed by atoms with E-state index in [1.165, 1.54) is 4.90 Å². The fourth-order valence-electron chi connectivity index (χ4n) is 2.70. The van der Waals surface area contributed by atoms with Gasteiger partial charge >= 0.3 is 6.18 Å². The number of carbonyl (C=O) groups is 1. The predicted molar refractivity (Wildman–Crippen MR) is 76.3 cm³/mol. The summed E-state index contributed by atoms with van der Waals surface area (Å²) in [5.41, 5.74) is -1.63. The molecular weight excluding hydrogens is 295 g/mol. The number of piperidine rings is 1. The Morgan fingerprint density at radius 2 is 1.82 bits per heavy atom. The van der Waals surface area contributed by atoms with Crippen molar-refractivity contribution >= 4 is 5.91 Å². The van der Waals surface area contributed by atoms with Crippen LogP contribution in [0.25, 0.3) is 0 Å². The largest absolute Gasteiger partial charge is 0.417 e. The van der Waals surface area contributed by atoms with Crippen molar-refractivity contribution in [3.05, 3.63) is 35.9 Å². The van der Waals surface area contributed by atoms with Gasteiger partial charge in [-0.3, -0.25) is 4.79 Å². The van der Waals surface area contributed by atoms with Gasteiger partial charge in [-0.05, 0) is 11.5 Å². The summed E-state index contributed by atoms with van der Waals surface area (Å²) in [6.45, 7) is 1.80. The maximum absolute atomic E-state index is 12.7. The van der Waals surface area contributed by atoms with Crippen LogP contribution in [-0.2, 0) is 4.79 Å². The zero-order valence-electron chi connectivity index (χ0n) is 12.4. The number of benzene rings is 1. The lowest BCUT2D eigenvalue weighted by atomic mass is 9.90. The Morgan fingerprint density at radius 1 is 1.27 bits per heavy atom. The smallest absolute Gasteiger partial charge is 0.380 e. The Hall–Kier alpha value is -1.56. The Kier molecular flexibility index (Phi) is 4.80.